The highest BCUT2D eigenvalue weighted by atomic mass is 79.9. The number of hydrogen-bond acceptors (Lipinski definition) is 3. The molecule has 4 heteroatoms. The first-order valence-electron chi connectivity index (χ1n) is 7.41. The third-order valence-electron chi connectivity index (χ3n) is 5.85. The molecule has 114 valence electrons. The van der Waals surface area contributed by atoms with E-state index < -0.39 is 5.60 Å². The Labute approximate surface area is 140 Å². The number of carbonyl (C=O) groups is 1. The van der Waals surface area contributed by atoms with Crippen LogP contribution in [0, 0.1) is 11.3 Å². The summed E-state index contributed by atoms with van der Waals surface area (Å²) in [6.07, 6.45) is 3.10. The summed E-state index contributed by atoms with van der Waals surface area (Å²) >= 11 is 8.38. The molecule has 0 heterocycles. The van der Waals surface area contributed by atoms with Crippen molar-refractivity contribution in [2.45, 2.75) is 50.4 Å². The molecule has 0 aliphatic heterocycles. The maximum absolute atomic E-state index is 12.5. The Hall–Kier alpha value is -0.480. The van der Waals surface area contributed by atoms with Crippen molar-refractivity contribution in [2.24, 2.45) is 11.3 Å². The summed E-state index contributed by atoms with van der Waals surface area (Å²) in [5, 5.41) is 0. The lowest BCUT2D eigenvalue weighted by atomic mass is 9.77. The van der Waals surface area contributed by atoms with Crippen molar-refractivity contribution in [3.05, 3.63) is 34.3 Å². The van der Waals surface area contributed by atoms with E-state index >= 15 is 0 Å². The van der Waals surface area contributed by atoms with Gasteiger partial charge in [-0.2, -0.15) is 12.6 Å². The fraction of sp³-hybridized carbons (Fsp3) is 0.588. The summed E-state index contributed by atoms with van der Waals surface area (Å²) in [6.45, 7) is 6.57. The lowest BCUT2D eigenvalue weighted by Gasteiger charge is -2.44. The summed E-state index contributed by atoms with van der Waals surface area (Å²) < 4.78 is 6.68. The Kier molecular flexibility index (Phi) is 3.49. The van der Waals surface area contributed by atoms with Gasteiger partial charge in [-0.25, -0.2) is 4.79 Å². The molecule has 1 aromatic rings. The molecule has 1 aromatic carbocycles. The van der Waals surface area contributed by atoms with E-state index in [0.717, 1.165) is 17.3 Å². The second kappa shape index (κ2) is 4.76. The van der Waals surface area contributed by atoms with Crippen LogP contribution in [-0.4, -0.2) is 16.3 Å². The number of ether oxygens (including phenoxy) is 1. The van der Waals surface area contributed by atoms with Gasteiger partial charge in [0.05, 0.1) is 10.3 Å². The number of thiol groups is 1. The second-order valence-corrected chi connectivity index (χ2v) is 8.83. The molecule has 2 bridgehead atoms. The van der Waals surface area contributed by atoms with Crippen LogP contribution in [0.15, 0.2) is 28.7 Å². The molecule has 2 nitrogen and oxygen atoms in total. The normalized spacial score (nSPS) is 36.7. The fourth-order valence-electron chi connectivity index (χ4n) is 4.32. The smallest absolute Gasteiger partial charge is 0.338 e. The molecule has 21 heavy (non-hydrogen) atoms. The van der Waals surface area contributed by atoms with Crippen molar-refractivity contribution >= 4 is 34.5 Å². The van der Waals surface area contributed by atoms with E-state index in [1.165, 1.54) is 6.42 Å². The third kappa shape index (κ3) is 2.09. The van der Waals surface area contributed by atoms with E-state index in [9.17, 15) is 4.79 Å². The van der Waals surface area contributed by atoms with Gasteiger partial charge in [0.2, 0.25) is 0 Å². The van der Waals surface area contributed by atoms with Crippen molar-refractivity contribution in [3.8, 4) is 0 Å². The van der Waals surface area contributed by atoms with Gasteiger partial charge >= 0.3 is 5.97 Å². The SMILES string of the molecule is CC1(OC(=O)c2ccc(Br)cc2)CC2CCC1(S)C2(C)C. The van der Waals surface area contributed by atoms with E-state index in [-0.39, 0.29) is 16.1 Å². The molecule has 3 unspecified atom stereocenters. The molecule has 0 amide bonds. The average molecular weight is 369 g/mol. The predicted molar refractivity (Wildman–Crippen MR) is 90.8 cm³/mol. The highest BCUT2D eigenvalue weighted by Gasteiger charge is 2.69. The lowest BCUT2D eigenvalue weighted by Crippen LogP contribution is -2.52. The maximum atomic E-state index is 12.5. The van der Waals surface area contributed by atoms with Crippen LogP contribution in [0.2, 0.25) is 0 Å². The number of benzene rings is 1. The van der Waals surface area contributed by atoms with E-state index in [1.807, 2.05) is 12.1 Å². The minimum Gasteiger partial charge on any atom is -0.454 e. The fourth-order valence-corrected chi connectivity index (χ4v) is 5.03. The molecule has 3 atom stereocenters. The molecular formula is C17H21BrO2S. The van der Waals surface area contributed by atoms with Crippen LogP contribution in [0.25, 0.3) is 0 Å². The van der Waals surface area contributed by atoms with Gasteiger partial charge < -0.3 is 4.74 Å². The molecule has 2 saturated carbocycles. The highest BCUT2D eigenvalue weighted by Crippen LogP contribution is 2.68. The third-order valence-corrected chi connectivity index (χ3v) is 7.65. The Morgan fingerprint density at radius 3 is 2.38 bits per heavy atom. The lowest BCUT2D eigenvalue weighted by molar-refractivity contribution is -0.0324. The first kappa shape index (κ1) is 15.4. The van der Waals surface area contributed by atoms with Gasteiger partial charge in [-0.05, 0) is 61.8 Å². The van der Waals surface area contributed by atoms with Crippen molar-refractivity contribution in [1.82, 2.24) is 0 Å². The Morgan fingerprint density at radius 2 is 1.90 bits per heavy atom. The molecule has 2 aliphatic rings. The first-order valence-corrected chi connectivity index (χ1v) is 8.65. The van der Waals surface area contributed by atoms with Crippen molar-refractivity contribution < 1.29 is 9.53 Å². The molecule has 2 fully saturated rings. The predicted octanol–water partition coefficient (Wildman–Crippen LogP) is 4.87. The zero-order valence-corrected chi connectivity index (χ0v) is 15.1. The van der Waals surface area contributed by atoms with Crippen LogP contribution < -0.4 is 0 Å². The quantitative estimate of drug-likeness (QED) is 0.594. The standard InChI is InChI=1S/C17H21BrO2S/c1-15(2)12-8-9-17(15,21)16(3,10-12)20-14(19)11-4-6-13(18)7-5-11/h4-7,12,21H,8-10H2,1-3H3. The van der Waals surface area contributed by atoms with Gasteiger partial charge in [-0.15, -0.1) is 0 Å². The van der Waals surface area contributed by atoms with E-state index in [0.29, 0.717) is 11.5 Å². The molecule has 0 aromatic heterocycles. The van der Waals surface area contributed by atoms with Gasteiger partial charge in [0.1, 0.15) is 5.60 Å². The summed E-state index contributed by atoms with van der Waals surface area (Å²) in [4.78, 5) is 12.5. The van der Waals surface area contributed by atoms with Crippen LogP contribution in [0.3, 0.4) is 0 Å². The van der Waals surface area contributed by atoms with Gasteiger partial charge in [0, 0.05) is 4.47 Å². The zero-order chi connectivity index (χ0) is 15.5. The number of rotatable bonds is 2. The number of carbonyl (C=O) groups excluding carboxylic acids is 1. The largest absolute Gasteiger partial charge is 0.454 e. The number of fused-ring (bicyclic) bond motifs is 2. The maximum Gasteiger partial charge on any atom is 0.338 e. The first-order chi connectivity index (χ1) is 9.70. The van der Waals surface area contributed by atoms with Crippen LogP contribution >= 0.6 is 28.6 Å². The second-order valence-electron chi connectivity index (χ2n) is 7.15. The number of halogens is 1. The minimum atomic E-state index is -0.493. The molecule has 0 saturated heterocycles. The molecule has 0 radical (unpaired) electrons. The molecular weight excluding hydrogens is 348 g/mol. The summed E-state index contributed by atoms with van der Waals surface area (Å²) in [5.74, 6) is 0.333. The van der Waals surface area contributed by atoms with E-state index in [2.05, 4.69) is 36.7 Å². The van der Waals surface area contributed by atoms with Gasteiger partial charge in [-0.3, -0.25) is 0 Å². The number of esters is 1. The van der Waals surface area contributed by atoms with Crippen LogP contribution in [0.5, 0.6) is 0 Å². The summed E-state index contributed by atoms with van der Waals surface area (Å²) in [6, 6.07) is 7.30. The topological polar surface area (TPSA) is 26.3 Å². The van der Waals surface area contributed by atoms with Crippen LogP contribution in [0.4, 0.5) is 0 Å². The summed E-state index contributed by atoms with van der Waals surface area (Å²) in [5.41, 5.74) is 0.203. The molecule has 3 rings (SSSR count). The van der Waals surface area contributed by atoms with Crippen molar-refractivity contribution in [2.75, 3.05) is 0 Å². The average Bonchev–Trinajstić information content (AvgIpc) is 2.71. The van der Waals surface area contributed by atoms with Gasteiger partial charge in [0.15, 0.2) is 0 Å². The van der Waals surface area contributed by atoms with E-state index in [4.69, 9.17) is 17.4 Å². The van der Waals surface area contributed by atoms with Gasteiger partial charge in [-0.1, -0.05) is 29.8 Å². The number of hydrogen-bond donors (Lipinski definition) is 1. The summed E-state index contributed by atoms with van der Waals surface area (Å²) in [7, 11) is 0. The van der Waals surface area contributed by atoms with Gasteiger partial charge in [0.25, 0.3) is 0 Å². The van der Waals surface area contributed by atoms with Crippen LogP contribution in [-0.2, 0) is 4.74 Å². The van der Waals surface area contributed by atoms with Crippen molar-refractivity contribution in [1.29, 1.82) is 0 Å². The zero-order valence-electron chi connectivity index (χ0n) is 12.6. The monoisotopic (exact) mass is 368 g/mol. The minimum absolute atomic E-state index is 0.102. The Balaban J connectivity index is 1.85. The Morgan fingerprint density at radius 1 is 1.29 bits per heavy atom. The van der Waals surface area contributed by atoms with E-state index in [1.54, 1.807) is 12.1 Å². The van der Waals surface area contributed by atoms with Crippen molar-refractivity contribution in [3.63, 3.8) is 0 Å². The highest BCUT2D eigenvalue weighted by molar-refractivity contribution is 9.10. The Bertz CT molecular complexity index is 583. The molecule has 2 aliphatic carbocycles. The molecule has 0 N–H and O–H groups in total. The van der Waals surface area contributed by atoms with Crippen LogP contribution in [0.1, 0.15) is 50.4 Å². The molecule has 0 spiro atoms.